The number of nitrogens with one attached hydrogen (secondary N) is 3. The first-order valence-electron chi connectivity index (χ1n) is 7.93. The molecular formula is C17H19N5O2S. The number of aryl methyl sites for hydroxylation is 1. The number of H-pyrrole nitrogens is 1. The number of rotatable bonds is 5. The number of anilines is 2. The second-order valence-electron chi connectivity index (χ2n) is 6.22. The molecule has 0 aliphatic rings. The van der Waals surface area contributed by atoms with Crippen molar-refractivity contribution in [2.75, 3.05) is 10.6 Å². The number of amides is 2. The molecular weight excluding hydrogens is 338 g/mol. The van der Waals surface area contributed by atoms with Gasteiger partial charge in [0.1, 0.15) is 4.88 Å². The van der Waals surface area contributed by atoms with Crippen LogP contribution in [-0.4, -0.2) is 27.0 Å². The average molecular weight is 357 g/mol. The Balaban J connectivity index is 1.74. The van der Waals surface area contributed by atoms with E-state index in [-0.39, 0.29) is 17.7 Å². The number of aromatic amines is 1. The molecule has 0 radical (unpaired) electrons. The fraction of sp³-hybridized carbons (Fsp3) is 0.294. The number of hydrogen-bond donors (Lipinski definition) is 3. The minimum absolute atomic E-state index is 0.102. The van der Waals surface area contributed by atoms with Crippen molar-refractivity contribution in [3.63, 3.8) is 0 Å². The van der Waals surface area contributed by atoms with Gasteiger partial charge in [0.25, 0.3) is 5.91 Å². The maximum atomic E-state index is 12.5. The summed E-state index contributed by atoms with van der Waals surface area (Å²) in [5, 5.41) is 13.8. The molecule has 2 aromatic heterocycles. The van der Waals surface area contributed by atoms with E-state index in [0.717, 1.165) is 33.5 Å². The first-order chi connectivity index (χ1) is 11.9. The van der Waals surface area contributed by atoms with Crippen LogP contribution in [0.25, 0.3) is 10.9 Å². The van der Waals surface area contributed by atoms with Gasteiger partial charge in [0.05, 0.1) is 23.6 Å². The molecule has 0 bridgehead atoms. The van der Waals surface area contributed by atoms with Gasteiger partial charge in [0.2, 0.25) is 5.91 Å². The zero-order valence-electron chi connectivity index (χ0n) is 14.2. The molecule has 0 saturated carbocycles. The molecule has 0 aliphatic carbocycles. The third-order valence-electron chi connectivity index (χ3n) is 3.64. The second-order valence-corrected chi connectivity index (χ2v) is 7.25. The van der Waals surface area contributed by atoms with Crippen LogP contribution < -0.4 is 10.6 Å². The number of fused-ring (bicyclic) bond motifs is 1. The molecule has 7 nitrogen and oxygen atoms in total. The van der Waals surface area contributed by atoms with Gasteiger partial charge in [-0.25, -0.2) is 4.98 Å². The van der Waals surface area contributed by atoms with Crippen LogP contribution in [0, 0.1) is 12.8 Å². The van der Waals surface area contributed by atoms with Gasteiger partial charge in [-0.15, -0.1) is 0 Å². The van der Waals surface area contributed by atoms with Gasteiger partial charge in [-0.2, -0.15) is 5.10 Å². The number of carbonyl (C=O) groups excluding carboxylic acids is 2. The van der Waals surface area contributed by atoms with E-state index in [1.54, 1.807) is 6.20 Å². The summed E-state index contributed by atoms with van der Waals surface area (Å²) >= 11 is 1.15. The Morgan fingerprint density at radius 2 is 2.04 bits per heavy atom. The Bertz CT molecular complexity index is 928. The van der Waals surface area contributed by atoms with Crippen LogP contribution in [0.4, 0.5) is 10.8 Å². The lowest BCUT2D eigenvalue weighted by atomic mass is 10.1. The highest BCUT2D eigenvalue weighted by atomic mass is 32.1. The summed E-state index contributed by atoms with van der Waals surface area (Å²) < 4.78 is 0. The number of aromatic nitrogens is 3. The van der Waals surface area contributed by atoms with Crippen molar-refractivity contribution in [3.05, 3.63) is 35.0 Å². The van der Waals surface area contributed by atoms with Crippen molar-refractivity contribution in [3.8, 4) is 0 Å². The van der Waals surface area contributed by atoms with Crippen LogP contribution >= 0.6 is 11.3 Å². The third kappa shape index (κ3) is 3.85. The molecule has 25 heavy (non-hydrogen) atoms. The molecule has 3 N–H and O–H groups in total. The molecule has 2 amide bonds. The molecule has 130 valence electrons. The Kier molecular flexibility index (Phi) is 4.80. The molecule has 2 heterocycles. The first-order valence-corrected chi connectivity index (χ1v) is 8.75. The highest BCUT2D eigenvalue weighted by molar-refractivity contribution is 7.17. The maximum absolute atomic E-state index is 12.5. The molecule has 1 aromatic carbocycles. The standard InChI is InChI=1S/C17H19N5O2S/c1-9(2)6-14(23)20-17-18-8-13(25-17)16(24)21-15-10(3)4-5-12-11(15)7-19-22-12/h4-5,7-9H,6H2,1-3H3,(H,19,22)(H,21,24)(H,18,20,23). The highest BCUT2D eigenvalue weighted by Crippen LogP contribution is 2.27. The van der Waals surface area contributed by atoms with Gasteiger partial charge in [0.15, 0.2) is 5.13 Å². The zero-order valence-corrected chi connectivity index (χ0v) is 15.0. The minimum Gasteiger partial charge on any atom is -0.320 e. The van der Waals surface area contributed by atoms with Crippen molar-refractivity contribution in [1.29, 1.82) is 0 Å². The molecule has 0 atom stereocenters. The number of benzene rings is 1. The molecule has 3 rings (SSSR count). The SMILES string of the molecule is Cc1ccc2[nH]ncc2c1NC(=O)c1cnc(NC(=O)CC(C)C)s1. The molecule has 0 aliphatic heterocycles. The quantitative estimate of drug-likeness (QED) is 0.650. The fourth-order valence-electron chi connectivity index (χ4n) is 2.45. The summed E-state index contributed by atoms with van der Waals surface area (Å²) in [6.45, 7) is 5.87. The first kappa shape index (κ1) is 17.1. The van der Waals surface area contributed by atoms with E-state index in [1.807, 2.05) is 32.9 Å². The lowest BCUT2D eigenvalue weighted by molar-refractivity contribution is -0.116. The van der Waals surface area contributed by atoms with Crippen molar-refractivity contribution >= 4 is 44.9 Å². The van der Waals surface area contributed by atoms with E-state index < -0.39 is 0 Å². The molecule has 8 heteroatoms. The van der Waals surface area contributed by atoms with Gasteiger partial charge < -0.3 is 10.6 Å². The zero-order chi connectivity index (χ0) is 18.0. The number of hydrogen-bond acceptors (Lipinski definition) is 5. The van der Waals surface area contributed by atoms with Crippen LogP contribution in [0.3, 0.4) is 0 Å². The van der Waals surface area contributed by atoms with E-state index in [9.17, 15) is 9.59 Å². The van der Waals surface area contributed by atoms with Crippen LogP contribution in [0.2, 0.25) is 0 Å². The molecule has 0 fully saturated rings. The Morgan fingerprint density at radius 1 is 1.24 bits per heavy atom. The van der Waals surface area contributed by atoms with Gasteiger partial charge in [-0.1, -0.05) is 31.3 Å². The maximum Gasteiger partial charge on any atom is 0.267 e. The van der Waals surface area contributed by atoms with Crippen LogP contribution in [0.15, 0.2) is 24.5 Å². The largest absolute Gasteiger partial charge is 0.320 e. The van der Waals surface area contributed by atoms with Crippen molar-refractivity contribution in [2.45, 2.75) is 27.2 Å². The Hall–Kier alpha value is -2.74. The summed E-state index contributed by atoms with van der Waals surface area (Å²) in [6, 6.07) is 3.84. The lowest BCUT2D eigenvalue weighted by Crippen LogP contribution is -2.13. The van der Waals surface area contributed by atoms with Crippen molar-refractivity contribution in [1.82, 2.24) is 15.2 Å². The van der Waals surface area contributed by atoms with Gasteiger partial charge in [-0.3, -0.25) is 14.7 Å². The summed E-state index contributed by atoms with van der Waals surface area (Å²) in [6.07, 6.45) is 3.57. The summed E-state index contributed by atoms with van der Waals surface area (Å²) in [4.78, 5) is 28.9. The average Bonchev–Trinajstić information content (AvgIpc) is 3.18. The topological polar surface area (TPSA) is 99.8 Å². The third-order valence-corrected chi connectivity index (χ3v) is 4.55. The Labute approximate surface area is 148 Å². The minimum atomic E-state index is -0.265. The predicted molar refractivity (Wildman–Crippen MR) is 99.0 cm³/mol. The van der Waals surface area contributed by atoms with E-state index >= 15 is 0 Å². The van der Waals surface area contributed by atoms with Crippen LogP contribution in [0.5, 0.6) is 0 Å². The Morgan fingerprint density at radius 3 is 2.80 bits per heavy atom. The summed E-state index contributed by atoms with van der Waals surface area (Å²) in [7, 11) is 0. The van der Waals surface area contributed by atoms with Gasteiger partial charge in [0, 0.05) is 11.8 Å². The van der Waals surface area contributed by atoms with Gasteiger partial charge >= 0.3 is 0 Å². The highest BCUT2D eigenvalue weighted by Gasteiger charge is 2.15. The van der Waals surface area contributed by atoms with E-state index in [0.29, 0.717) is 16.4 Å². The summed E-state index contributed by atoms with van der Waals surface area (Å²) in [5.74, 6) is -0.102. The van der Waals surface area contributed by atoms with E-state index in [1.165, 1.54) is 6.20 Å². The molecule has 0 unspecified atom stereocenters. The van der Waals surface area contributed by atoms with Crippen molar-refractivity contribution in [2.24, 2.45) is 5.92 Å². The number of thiazole rings is 1. The van der Waals surface area contributed by atoms with Gasteiger partial charge in [-0.05, 0) is 24.5 Å². The number of carbonyl (C=O) groups is 2. The van der Waals surface area contributed by atoms with Crippen LogP contribution in [0.1, 0.15) is 35.5 Å². The lowest BCUT2D eigenvalue weighted by Gasteiger charge is -2.08. The smallest absolute Gasteiger partial charge is 0.267 e. The van der Waals surface area contributed by atoms with Crippen molar-refractivity contribution < 1.29 is 9.59 Å². The second kappa shape index (κ2) is 7.02. The number of nitrogens with zero attached hydrogens (tertiary/aromatic N) is 2. The van der Waals surface area contributed by atoms with Crippen LogP contribution in [-0.2, 0) is 4.79 Å². The van der Waals surface area contributed by atoms with E-state index in [4.69, 9.17) is 0 Å². The predicted octanol–water partition coefficient (Wildman–Crippen LogP) is 3.56. The monoisotopic (exact) mass is 357 g/mol. The summed E-state index contributed by atoms with van der Waals surface area (Å²) in [5.41, 5.74) is 2.51. The molecule has 3 aromatic rings. The molecule has 0 saturated heterocycles. The molecule has 0 spiro atoms. The van der Waals surface area contributed by atoms with E-state index in [2.05, 4.69) is 25.8 Å². The normalized spacial score (nSPS) is 11.0. The fourth-order valence-corrected chi connectivity index (χ4v) is 3.17.